The summed E-state index contributed by atoms with van der Waals surface area (Å²) in [6.07, 6.45) is 0. The normalized spacial score (nSPS) is 10.3. The average Bonchev–Trinajstić information content (AvgIpc) is 2.38. The summed E-state index contributed by atoms with van der Waals surface area (Å²) in [6.45, 7) is 1.91. The fourth-order valence-electron chi connectivity index (χ4n) is 1.67. The Morgan fingerprint density at radius 1 is 1.26 bits per heavy atom. The van der Waals surface area contributed by atoms with Crippen LogP contribution in [0.3, 0.4) is 0 Å². The molecule has 0 aliphatic heterocycles. The molecule has 0 aromatic heterocycles. The molecule has 5 heteroatoms. The molecule has 0 unspecified atom stereocenters. The Morgan fingerprint density at radius 3 is 2.68 bits per heavy atom. The van der Waals surface area contributed by atoms with Crippen molar-refractivity contribution in [3.05, 3.63) is 57.8 Å². The van der Waals surface area contributed by atoms with Crippen LogP contribution in [-0.4, -0.2) is 5.91 Å². The molecule has 19 heavy (non-hydrogen) atoms. The van der Waals surface area contributed by atoms with Crippen molar-refractivity contribution in [3.8, 4) is 0 Å². The highest BCUT2D eigenvalue weighted by Crippen LogP contribution is 2.27. The molecule has 2 rings (SSSR count). The van der Waals surface area contributed by atoms with E-state index in [1.807, 2.05) is 19.1 Å². The zero-order valence-corrected chi connectivity index (χ0v) is 11.8. The summed E-state index contributed by atoms with van der Waals surface area (Å²) in [6, 6.07) is 9.64. The zero-order valence-electron chi connectivity index (χ0n) is 10.2. The number of hydrogen-bond acceptors (Lipinski definition) is 2. The van der Waals surface area contributed by atoms with E-state index in [0.717, 1.165) is 10.0 Å². The Labute approximate surface area is 118 Å². The second-order valence-corrected chi connectivity index (χ2v) is 4.88. The highest BCUT2D eigenvalue weighted by Gasteiger charge is 2.14. The van der Waals surface area contributed by atoms with E-state index in [0.29, 0.717) is 5.69 Å². The smallest absolute Gasteiger partial charge is 0.257 e. The molecule has 0 bridgehead atoms. The number of aryl methyl sites for hydroxylation is 1. The van der Waals surface area contributed by atoms with E-state index >= 15 is 0 Å². The summed E-state index contributed by atoms with van der Waals surface area (Å²) in [4.78, 5) is 12.1. The maximum absolute atomic E-state index is 13.3. The largest absolute Gasteiger partial charge is 0.396 e. The molecule has 2 aromatic carbocycles. The lowest BCUT2D eigenvalue weighted by molar-refractivity contribution is 0.102. The van der Waals surface area contributed by atoms with Crippen LogP contribution < -0.4 is 11.1 Å². The number of nitrogens with one attached hydrogen (secondary N) is 1. The predicted octanol–water partition coefficient (Wildman–Crippen LogP) is 3.73. The minimum Gasteiger partial charge on any atom is -0.396 e. The van der Waals surface area contributed by atoms with E-state index in [1.54, 1.807) is 6.07 Å². The quantitative estimate of drug-likeness (QED) is 0.828. The summed E-state index contributed by atoms with van der Waals surface area (Å²) in [5.74, 6) is -1.04. The van der Waals surface area contributed by atoms with Crippen molar-refractivity contribution >= 4 is 33.2 Å². The maximum Gasteiger partial charge on any atom is 0.257 e. The van der Waals surface area contributed by atoms with Crippen LogP contribution in [0.4, 0.5) is 15.8 Å². The number of carbonyl (C=O) groups is 1. The Balaban J connectivity index is 2.31. The van der Waals surface area contributed by atoms with E-state index in [4.69, 9.17) is 5.73 Å². The lowest BCUT2D eigenvalue weighted by Crippen LogP contribution is -2.15. The van der Waals surface area contributed by atoms with E-state index in [9.17, 15) is 9.18 Å². The fourth-order valence-corrected chi connectivity index (χ4v) is 2.03. The van der Waals surface area contributed by atoms with Gasteiger partial charge in [-0.1, -0.05) is 18.2 Å². The number of rotatable bonds is 2. The van der Waals surface area contributed by atoms with Gasteiger partial charge in [0.2, 0.25) is 0 Å². The molecule has 0 aliphatic rings. The highest BCUT2D eigenvalue weighted by molar-refractivity contribution is 9.10. The second-order valence-electron chi connectivity index (χ2n) is 4.09. The number of halogens is 2. The van der Waals surface area contributed by atoms with Gasteiger partial charge in [-0.3, -0.25) is 4.79 Å². The van der Waals surface area contributed by atoms with Gasteiger partial charge in [-0.25, -0.2) is 4.39 Å². The number of nitrogen functional groups attached to an aromatic ring is 1. The van der Waals surface area contributed by atoms with E-state index in [2.05, 4.69) is 21.2 Å². The molecule has 0 saturated carbocycles. The van der Waals surface area contributed by atoms with Crippen molar-refractivity contribution in [1.82, 2.24) is 0 Å². The third kappa shape index (κ3) is 2.76. The molecule has 0 saturated heterocycles. The molecular weight excluding hydrogens is 311 g/mol. The van der Waals surface area contributed by atoms with Crippen LogP contribution in [0, 0.1) is 12.7 Å². The van der Waals surface area contributed by atoms with Crippen LogP contribution in [0.5, 0.6) is 0 Å². The summed E-state index contributed by atoms with van der Waals surface area (Å²) in [5, 5.41) is 2.70. The molecule has 0 atom stereocenters. The van der Waals surface area contributed by atoms with Crippen molar-refractivity contribution in [1.29, 1.82) is 0 Å². The van der Waals surface area contributed by atoms with Crippen molar-refractivity contribution in [2.75, 3.05) is 11.1 Å². The summed E-state index contributed by atoms with van der Waals surface area (Å²) in [5.41, 5.74) is 7.14. The third-order valence-corrected chi connectivity index (χ3v) is 3.79. The van der Waals surface area contributed by atoms with Crippen LogP contribution in [0.1, 0.15) is 15.9 Å². The van der Waals surface area contributed by atoms with Gasteiger partial charge in [-0.05, 0) is 46.6 Å². The van der Waals surface area contributed by atoms with Crippen molar-refractivity contribution < 1.29 is 9.18 Å². The number of para-hydroxylation sites is 1. The standard InChI is InChI=1S/C14H12BrFN2O/c1-8-4-2-7-11(12(8)15)18-14(19)9-5-3-6-10(16)13(9)17/h2-7H,17H2,1H3,(H,18,19). The molecule has 3 N–H and O–H groups in total. The molecule has 2 aromatic rings. The number of anilines is 2. The first-order chi connectivity index (χ1) is 9.00. The average molecular weight is 323 g/mol. The molecular formula is C14H12BrFN2O. The van der Waals surface area contributed by atoms with E-state index in [1.165, 1.54) is 18.2 Å². The SMILES string of the molecule is Cc1cccc(NC(=O)c2cccc(F)c2N)c1Br. The third-order valence-electron chi connectivity index (χ3n) is 2.74. The lowest BCUT2D eigenvalue weighted by Gasteiger charge is -2.10. The predicted molar refractivity (Wildman–Crippen MR) is 77.6 cm³/mol. The van der Waals surface area contributed by atoms with Gasteiger partial charge in [0, 0.05) is 4.47 Å². The molecule has 0 fully saturated rings. The molecule has 0 heterocycles. The second kappa shape index (κ2) is 5.40. The Hall–Kier alpha value is -1.88. The maximum atomic E-state index is 13.3. The van der Waals surface area contributed by atoms with Crippen LogP contribution in [-0.2, 0) is 0 Å². The number of nitrogens with two attached hydrogens (primary N) is 1. The van der Waals surface area contributed by atoms with Crippen LogP contribution in [0.15, 0.2) is 40.9 Å². The molecule has 0 aliphatic carbocycles. The lowest BCUT2D eigenvalue weighted by atomic mass is 10.1. The van der Waals surface area contributed by atoms with Crippen LogP contribution >= 0.6 is 15.9 Å². The number of amides is 1. The minimum absolute atomic E-state index is 0.119. The van der Waals surface area contributed by atoms with Crippen LogP contribution in [0.25, 0.3) is 0 Å². The van der Waals surface area contributed by atoms with E-state index < -0.39 is 11.7 Å². The van der Waals surface area contributed by atoms with Gasteiger partial charge in [0.25, 0.3) is 5.91 Å². The highest BCUT2D eigenvalue weighted by atomic mass is 79.9. The van der Waals surface area contributed by atoms with Crippen molar-refractivity contribution in [2.45, 2.75) is 6.92 Å². The topological polar surface area (TPSA) is 55.1 Å². The van der Waals surface area contributed by atoms with Gasteiger partial charge in [0.15, 0.2) is 0 Å². The Bertz CT molecular complexity index is 643. The van der Waals surface area contributed by atoms with Gasteiger partial charge in [0.05, 0.1) is 16.9 Å². The first-order valence-electron chi connectivity index (χ1n) is 5.61. The Morgan fingerprint density at radius 2 is 1.95 bits per heavy atom. The molecule has 0 spiro atoms. The van der Waals surface area contributed by atoms with E-state index in [-0.39, 0.29) is 11.3 Å². The fraction of sp³-hybridized carbons (Fsp3) is 0.0714. The summed E-state index contributed by atoms with van der Waals surface area (Å²) in [7, 11) is 0. The number of hydrogen-bond donors (Lipinski definition) is 2. The first kappa shape index (κ1) is 13.5. The van der Waals surface area contributed by atoms with Crippen molar-refractivity contribution in [2.24, 2.45) is 0 Å². The number of carbonyl (C=O) groups excluding carboxylic acids is 1. The van der Waals surface area contributed by atoms with Crippen molar-refractivity contribution in [3.63, 3.8) is 0 Å². The van der Waals surface area contributed by atoms with Gasteiger partial charge in [-0.15, -0.1) is 0 Å². The molecule has 98 valence electrons. The number of benzene rings is 2. The van der Waals surface area contributed by atoms with Gasteiger partial charge >= 0.3 is 0 Å². The van der Waals surface area contributed by atoms with Gasteiger partial charge in [0.1, 0.15) is 5.82 Å². The summed E-state index contributed by atoms with van der Waals surface area (Å²) < 4.78 is 14.1. The van der Waals surface area contributed by atoms with Crippen LogP contribution in [0.2, 0.25) is 0 Å². The van der Waals surface area contributed by atoms with Gasteiger partial charge in [-0.2, -0.15) is 0 Å². The van der Waals surface area contributed by atoms with Gasteiger partial charge < -0.3 is 11.1 Å². The molecule has 3 nitrogen and oxygen atoms in total. The first-order valence-corrected chi connectivity index (χ1v) is 6.40. The monoisotopic (exact) mass is 322 g/mol. The minimum atomic E-state index is -0.601. The molecule has 0 radical (unpaired) electrons. The molecule has 1 amide bonds. The Kier molecular flexibility index (Phi) is 3.85. The summed E-state index contributed by atoms with van der Waals surface area (Å²) >= 11 is 3.39. The zero-order chi connectivity index (χ0) is 14.0.